The monoisotopic (exact) mass is 312 g/mol. The van der Waals surface area contributed by atoms with Crippen molar-refractivity contribution in [1.29, 1.82) is 0 Å². The predicted molar refractivity (Wildman–Crippen MR) is 92.8 cm³/mol. The molecule has 1 aromatic carbocycles. The van der Waals surface area contributed by atoms with Gasteiger partial charge in [0.25, 0.3) is 0 Å². The van der Waals surface area contributed by atoms with E-state index in [9.17, 15) is 0 Å². The van der Waals surface area contributed by atoms with Gasteiger partial charge in [-0.3, -0.25) is 0 Å². The van der Waals surface area contributed by atoms with Crippen LogP contribution in [0.2, 0.25) is 0 Å². The third kappa shape index (κ3) is 3.06. The van der Waals surface area contributed by atoms with Gasteiger partial charge in [-0.2, -0.15) is 0 Å². The molecule has 124 valence electrons. The lowest BCUT2D eigenvalue weighted by atomic mass is 9.68. The van der Waals surface area contributed by atoms with Gasteiger partial charge in [-0.25, -0.2) is 0 Å². The van der Waals surface area contributed by atoms with Crippen molar-refractivity contribution in [2.75, 3.05) is 20.3 Å². The standard InChI is InChI=1S/C21H28O2/c1-22-19-9-7-16(8-10-19)20-12-17(15-5-3-2-4-6-15)11-18-13-23-14-21(18)20/h7-11,15,18,20-21H,2-6,12-14H2,1H3/t18-,20+,21-/m0/s1. The van der Waals surface area contributed by atoms with Crippen molar-refractivity contribution < 1.29 is 9.47 Å². The Morgan fingerprint density at radius 3 is 2.52 bits per heavy atom. The molecule has 2 fully saturated rings. The summed E-state index contributed by atoms with van der Waals surface area (Å²) in [7, 11) is 1.74. The topological polar surface area (TPSA) is 18.5 Å². The second-order valence-corrected chi connectivity index (χ2v) is 7.53. The van der Waals surface area contributed by atoms with Crippen molar-refractivity contribution in [3.63, 3.8) is 0 Å². The summed E-state index contributed by atoms with van der Waals surface area (Å²) >= 11 is 0. The molecule has 23 heavy (non-hydrogen) atoms. The van der Waals surface area contributed by atoms with Gasteiger partial charge in [-0.1, -0.05) is 43.0 Å². The van der Waals surface area contributed by atoms with Gasteiger partial charge >= 0.3 is 0 Å². The molecule has 1 saturated heterocycles. The van der Waals surface area contributed by atoms with Crippen molar-refractivity contribution in [3.05, 3.63) is 41.5 Å². The number of rotatable bonds is 3. The zero-order valence-corrected chi connectivity index (χ0v) is 14.2. The summed E-state index contributed by atoms with van der Waals surface area (Å²) < 4.78 is 11.2. The molecule has 1 heterocycles. The first-order valence-electron chi connectivity index (χ1n) is 9.27. The first kappa shape index (κ1) is 15.3. The van der Waals surface area contributed by atoms with Crippen LogP contribution in [0.4, 0.5) is 0 Å². The fourth-order valence-corrected chi connectivity index (χ4v) is 4.91. The quantitative estimate of drug-likeness (QED) is 0.735. The molecule has 0 unspecified atom stereocenters. The van der Waals surface area contributed by atoms with E-state index in [1.165, 1.54) is 44.1 Å². The number of fused-ring (bicyclic) bond motifs is 1. The van der Waals surface area contributed by atoms with Crippen LogP contribution in [0.25, 0.3) is 0 Å². The molecule has 1 aliphatic heterocycles. The molecule has 2 aliphatic carbocycles. The smallest absolute Gasteiger partial charge is 0.118 e. The van der Waals surface area contributed by atoms with Crippen molar-refractivity contribution >= 4 is 0 Å². The third-order valence-electron chi connectivity index (χ3n) is 6.24. The molecule has 0 amide bonds. The number of allylic oxidation sites excluding steroid dienone is 1. The number of hydrogen-bond donors (Lipinski definition) is 0. The molecular weight excluding hydrogens is 284 g/mol. The van der Waals surface area contributed by atoms with Crippen molar-refractivity contribution in [2.24, 2.45) is 17.8 Å². The minimum atomic E-state index is 0.621. The van der Waals surface area contributed by atoms with Crippen LogP contribution >= 0.6 is 0 Å². The van der Waals surface area contributed by atoms with Gasteiger partial charge in [0.2, 0.25) is 0 Å². The van der Waals surface area contributed by atoms with E-state index in [4.69, 9.17) is 9.47 Å². The first-order chi connectivity index (χ1) is 11.3. The molecule has 1 aromatic rings. The minimum absolute atomic E-state index is 0.621. The van der Waals surface area contributed by atoms with Crippen LogP contribution in [0, 0.1) is 17.8 Å². The largest absolute Gasteiger partial charge is 0.497 e. The molecule has 0 aromatic heterocycles. The normalized spacial score (nSPS) is 31.5. The highest BCUT2D eigenvalue weighted by atomic mass is 16.5. The highest BCUT2D eigenvalue weighted by Gasteiger charge is 2.39. The maximum atomic E-state index is 5.85. The summed E-state index contributed by atoms with van der Waals surface area (Å²) in [4.78, 5) is 0. The van der Waals surface area contributed by atoms with Crippen molar-refractivity contribution in [1.82, 2.24) is 0 Å². The van der Waals surface area contributed by atoms with Gasteiger partial charge < -0.3 is 9.47 Å². The summed E-state index contributed by atoms with van der Waals surface area (Å²) in [5.41, 5.74) is 3.20. The summed E-state index contributed by atoms with van der Waals surface area (Å²) in [5.74, 6) is 3.71. The predicted octanol–water partition coefficient (Wildman–Crippen LogP) is 4.95. The van der Waals surface area contributed by atoms with Crippen LogP contribution in [-0.4, -0.2) is 20.3 Å². The minimum Gasteiger partial charge on any atom is -0.497 e. The van der Waals surface area contributed by atoms with Gasteiger partial charge in [0.15, 0.2) is 0 Å². The molecule has 0 N–H and O–H groups in total. The average molecular weight is 312 g/mol. The molecule has 0 bridgehead atoms. The van der Waals surface area contributed by atoms with Crippen molar-refractivity contribution in [3.8, 4) is 5.75 Å². The van der Waals surface area contributed by atoms with Gasteiger partial charge in [0, 0.05) is 5.92 Å². The Morgan fingerprint density at radius 1 is 1.00 bits per heavy atom. The second kappa shape index (κ2) is 6.68. The average Bonchev–Trinajstić information content (AvgIpc) is 3.10. The summed E-state index contributed by atoms with van der Waals surface area (Å²) in [6.07, 6.45) is 10.9. The Kier molecular flexibility index (Phi) is 4.43. The van der Waals surface area contributed by atoms with Gasteiger partial charge in [-0.15, -0.1) is 0 Å². The number of ether oxygens (including phenoxy) is 2. The van der Waals surface area contributed by atoms with Crippen LogP contribution in [-0.2, 0) is 4.74 Å². The molecule has 2 heteroatoms. The molecule has 1 saturated carbocycles. The fourth-order valence-electron chi connectivity index (χ4n) is 4.91. The Morgan fingerprint density at radius 2 is 1.78 bits per heavy atom. The van der Waals surface area contributed by atoms with Gasteiger partial charge in [-0.05, 0) is 54.7 Å². The second-order valence-electron chi connectivity index (χ2n) is 7.53. The summed E-state index contributed by atoms with van der Waals surface area (Å²) in [6, 6.07) is 8.75. The molecule has 4 rings (SSSR count). The lowest BCUT2D eigenvalue weighted by molar-refractivity contribution is 0.179. The Bertz CT molecular complexity index is 554. The number of hydrogen-bond acceptors (Lipinski definition) is 2. The lowest BCUT2D eigenvalue weighted by Gasteiger charge is -2.36. The lowest BCUT2D eigenvalue weighted by Crippen LogP contribution is -2.27. The van der Waals surface area contributed by atoms with Gasteiger partial charge in [0.05, 0.1) is 20.3 Å². The van der Waals surface area contributed by atoms with E-state index < -0.39 is 0 Å². The Hall–Kier alpha value is -1.28. The molecule has 0 radical (unpaired) electrons. The molecule has 3 atom stereocenters. The van der Waals surface area contributed by atoms with Gasteiger partial charge in [0.1, 0.15) is 5.75 Å². The molecule has 3 aliphatic rings. The maximum Gasteiger partial charge on any atom is 0.118 e. The summed E-state index contributed by atoms with van der Waals surface area (Å²) in [5, 5.41) is 0. The van der Waals surface area contributed by atoms with Crippen molar-refractivity contribution in [2.45, 2.75) is 44.4 Å². The number of benzene rings is 1. The third-order valence-corrected chi connectivity index (χ3v) is 6.24. The highest BCUT2D eigenvalue weighted by molar-refractivity contribution is 5.33. The van der Waals surface area contributed by atoms with Crippen LogP contribution in [0.15, 0.2) is 35.9 Å². The SMILES string of the molecule is COc1ccc([C@H]2CC(C3CCCCC3)=C[C@H]3COC[C@H]23)cc1. The molecular formula is C21H28O2. The zero-order valence-electron chi connectivity index (χ0n) is 14.2. The van der Waals surface area contributed by atoms with E-state index in [-0.39, 0.29) is 0 Å². The Balaban J connectivity index is 1.59. The zero-order chi connectivity index (χ0) is 15.6. The van der Waals surface area contributed by atoms with E-state index in [2.05, 4.69) is 30.3 Å². The molecule has 2 nitrogen and oxygen atoms in total. The van der Waals surface area contributed by atoms with E-state index in [0.717, 1.165) is 24.9 Å². The van der Waals surface area contributed by atoms with Crippen LogP contribution in [0.1, 0.15) is 50.0 Å². The Labute approximate surface area is 139 Å². The fraction of sp³-hybridized carbons (Fsp3) is 0.619. The summed E-state index contributed by atoms with van der Waals surface area (Å²) in [6.45, 7) is 1.85. The van der Waals surface area contributed by atoms with Crippen LogP contribution < -0.4 is 4.74 Å². The maximum absolute atomic E-state index is 5.85. The van der Waals surface area contributed by atoms with Crippen LogP contribution in [0.5, 0.6) is 5.75 Å². The van der Waals surface area contributed by atoms with E-state index in [1.807, 2.05) is 0 Å². The highest BCUT2D eigenvalue weighted by Crippen LogP contribution is 2.47. The van der Waals surface area contributed by atoms with Crippen LogP contribution in [0.3, 0.4) is 0 Å². The number of methoxy groups -OCH3 is 1. The van der Waals surface area contributed by atoms with E-state index in [0.29, 0.717) is 17.8 Å². The first-order valence-corrected chi connectivity index (χ1v) is 9.27. The van der Waals surface area contributed by atoms with E-state index >= 15 is 0 Å². The van der Waals surface area contributed by atoms with E-state index in [1.54, 1.807) is 12.7 Å². The molecule has 0 spiro atoms.